The van der Waals surface area contributed by atoms with Gasteiger partial charge in [-0.25, -0.2) is 4.79 Å². The molecule has 5 nitrogen and oxygen atoms in total. The summed E-state index contributed by atoms with van der Waals surface area (Å²) in [7, 11) is 0. The lowest BCUT2D eigenvalue weighted by Gasteiger charge is -2.34. The van der Waals surface area contributed by atoms with Crippen LogP contribution in [-0.4, -0.2) is 23.0 Å². The van der Waals surface area contributed by atoms with Crippen molar-refractivity contribution in [3.05, 3.63) is 127 Å². The van der Waals surface area contributed by atoms with Gasteiger partial charge < -0.3 is 15.7 Å². The monoisotopic (exact) mass is 644 g/mol. The van der Waals surface area contributed by atoms with Gasteiger partial charge in [0.05, 0.1) is 21.7 Å². The van der Waals surface area contributed by atoms with E-state index < -0.39 is 17.9 Å². The standard InChI is InChI=1S/C31H24Cl4N2O3S/c32-20-8-4-9-21(33)28(20)25-16-27(41-18-6-2-1-3-7-18)19-14-17(12-13-24(19)36-25)15-26(31(39)40)37-30(38)29-22(34)10-5-11-23(29)35/h1-14,25-27,36H,15-16H2,(H,37,38)(H,39,40)/t25?,26-,27?/m0/s1. The van der Waals surface area contributed by atoms with Crippen molar-refractivity contribution in [1.82, 2.24) is 5.32 Å². The van der Waals surface area contributed by atoms with Gasteiger partial charge in [-0.3, -0.25) is 4.79 Å². The number of nitrogens with one attached hydrogen (secondary N) is 2. The molecule has 2 unspecified atom stereocenters. The topological polar surface area (TPSA) is 78.4 Å². The van der Waals surface area contributed by atoms with Gasteiger partial charge in [-0.1, -0.05) is 88.9 Å². The van der Waals surface area contributed by atoms with Crippen molar-refractivity contribution in [3.63, 3.8) is 0 Å². The maximum atomic E-state index is 12.9. The third-order valence-electron chi connectivity index (χ3n) is 6.85. The van der Waals surface area contributed by atoms with Crippen molar-refractivity contribution in [1.29, 1.82) is 0 Å². The number of carboxylic acid groups (broad SMARTS) is 1. The van der Waals surface area contributed by atoms with Crippen LogP contribution in [0.15, 0.2) is 89.8 Å². The third kappa shape index (κ3) is 6.79. The van der Waals surface area contributed by atoms with Gasteiger partial charge in [-0.15, -0.1) is 11.8 Å². The summed E-state index contributed by atoms with van der Waals surface area (Å²) in [6.45, 7) is 0. The Hall–Kier alpha value is -2.87. The van der Waals surface area contributed by atoms with Gasteiger partial charge in [0.25, 0.3) is 5.91 Å². The highest BCUT2D eigenvalue weighted by Crippen LogP contribution is 2.50. The number of rotatable bonds is 8. The van der Waals surface area contributed by atoms with E-state index in [-0.39, 0.29) is 33.3 Å². The molecule has 1 heterocycles. The summed E-state index contributed by atoms with van der Waals surface area (Å²) in [5, 5.41) is 17.6. The normalized spacial score (nSPS) is 16.8. The van der Waals surface area contributed by atoms with Crippen molar-refractivity contribution in [2.24, 2.45) is 0 Å². The predicted molar refractivity (Wildman–Crippen MR) is 168 cm³/mol. The molecule has 0 spiro atoms. The number of carboxylic acids is 1. The smallest absolute Gasteiger partial charge is 0.326 e. The molecule has 0 radical (unpaired) electrons. The minimum atomic E-state index is -1.20. The largest absolute Gasteiger partial charge is 0.480 e. The number of carbonyl (C=O) groups is 2. The number of thioether (sulfide) groups is 1. The first kappa shape index (κ1) is 29.6. The van der Waals surface area contributed by atoms with E-state index in [1.807, 2.05) is 54.6 Å². The molecule has 1 amide bonds. The summed E-state index contributed by atoms with van der Waals surface area (Å²) < 4.78 is 0. The number of fused-ring (bicyclic) bond motifs is 1. The predicted octanol–water partition coefficient (Wildman–Crippen LogP) is 9.12. The SMILES string of the molecule is O=C(N[C@@H](Cc1ccc2c(c1)C(Sc1ccccc1)CC(c1c(Cl)cccc1Cl)N2)C(=O)O)c1c(Cl)cccc1Cl. The second kappa shape index (κ2) is 13.0. The fourth-order valence-corrected chi connectivity index (χ4v) is 7.40. The van der Waals surface area contributed by atoms with Gasteiger partial charge in [0, 0.05) is 37.9 Å². The van der Waals surface area contributed by atoms with Crippen LogP contribution in [0.4, 0.5) is 5.69 Å². The molecule has 0 aromatic heterocycles. The van der Waals surface area contributed by atoms with Crippen LogP contribution in [0.3, 0.4) is 0 Å². The fourth-order valence-electron chi connectivity index (χ4n) is 4.91. The van der Waals surface area contributed by atoms with Crippen LogP contribution in [0.25, 0.3) is 0 Å². The summed E-state index contributed by atoms with van der Waals surface area (Å²) in [4.78, 5) is 26.2. The number of halogens is 4. The third-order valence-corrected chi connectivity index (χ3v) is 9.41. The van der Waals surface area contributed by atoms with Crippen LogP contribution in [-0.2, 0) is 11.2 Å². The highest BCUT2D eigenvalue weighted by Gasteiger charge is 2.31. The fraction of sp³-hybridized carbons (Fsp3) is 0.161. The highest BCUT2D eigenvalue weighted by molar-refractivity contribution is 7.99. The zero-order valence-electron chi connectivity index (χ0n) is 21.4. The van der Waals surface area contributed by atoms with E-state index in [0.717, 1.165) is 27.3 Å². The molecule has 0 saturated heterocycles. The molecule has 5 rings (SSSR count). The van der Waals surface area contributed by atoms with Crippen LogP contribution in [0.5, 0.6) is 0 Å². The molecular weight excluding hydrogens is 622 g/mol. The van der Waals surface area contributed by atoms with E-state index in [9.17, 15) is 14.7 Å². The molecule has 1 aliphatic heterocycles. The lowest BCUT2D eigenvalue weighted by molar-refractivity contribution is -0.139. The van der Waals surface area contributed by atoms with E-state index in [1.54, 1.807) is 17.8 Å². The number of aliphatic carboxylic acids is 1. The van der Waals surface area contributed by atoms with E-state index >= 15 is 0 Å². The van der Waals surface area contributed by atoms with Crippen LogP contribution >= 0.6 is 58.2 Å². The van der Waals surface area contributed by atoms with Crippen molar-refractivity contribution >= 4 is 75.7 Å². The summed E-state index contributed by atoms with van der Waals surface area (Å²) in [5.74, 6) is -1.81. The maximum Gasteiger partial charge on any atom is 0.326 e. The number of hydrogen-bond donors (Lipinski definition) is 3. The van der Waals surface area contributed by atoms with Gasteiger partial charge in [-0.2, -0.15) is 0 Å². The molecule has 4 aromatic rings. The van der Waals surface area contributed by atoms with E-state index in [4.69, 9.17) is 46.4 Å². The first-order valence-electron chi connectivity index (χ1n) is 12.7. The summed E-state index contributed by atoms with van der Waals surface area (Å²) in [5.41, 5.74) is 3.58. The van der Waals surface area contributed by atoms with Crippen LogP contribution in [0.2, 0.25) is 20.1 Å². The van der Waals surface area contributed by atoms with Crippen molar-refractivity contribution < 1.29 is 14.7 Å². The summed E-state index contributed by atoms with van der Waals surface area (Å²) in [6.07, 6.45) is 0.766. The molecule has 0 fully saturated rings. The molecule has 1 aliphatic rings. The van der Waals surface area contributed by atoms with E-state index in [2.05, 4.69) is 22.8 Å². The van der Waals surface area contributed by atoms with Gasteiger partial charge in [-0.05, 0) is 60.0 Å². The van der Waals surface area contributed by atoms with Crippen molar-refractivity contribution in [2.45, 2.75) is 35.1 Å². The number of carbonyl (C=O) groups excluding carboxylic acids is 1. The zero-order valence-corrected chi connectivity index (χ0v) is 25.3. The minimum Gasteiger partial charge on any atom is -0.480 e. The lowest BCUT2D eigenvalue weighted by Crippen LogP contribution is -2.42. The molecule has 0 saturated carbocycles. The van der Waals surface area contributed by atoms with Crippen LogP contribution in [0, 0.1) is 0 Å². The van der Waals surface area contributed by atoms with E-state index in [0.29, 0.717) is 16.5 Å². The highest BCUT2D eigenvalue weighted by atomic mass is 35.5. The first-order valence-corrected chi connectivity index (χ1v) is 15.1. The Morgan fingerprint density at radius 1 is 0.878 bits per heavy atom. The Kier molecular flexibility index (Phi) is 9.37. The molecule has 4 aromatic carbocycles. The van der Waals surface area contributed by atoms with Crippen LogP contribution < -0.4 is 10.6 Å². The van der Waals surface area contributed by atoms with Gasteiger partial charge in [0.1, 0.15) is 6.04 Å². The number of hydrogen-bond acceptors (Lipinski definition) is 4. The Labute approximate surface area is 262 Å². The molecule has 3 atom stereocenters. The Bertz CT molecular complexity index is 1560. The molecule has 10 heteroatoms. The van der Waals surface area contributed by atoms with Crippen molar-refractivity contribution in [3.8, 4) is 0 Å². The minimum absolute atomic E-state index is 0.0192. The number of anilines is 1. The average molecular weight is 646 g/mol. The average Bonchev–Trinajstić information content (AvgIpc) is 2.93. The van der Waals surface area contributed by atoms with Gasteiger partial charge in [0.15, 0.2) is 0 Å². The second-order valence-corrected chi connectivity index (χ2v) is 12.5. The van der Waals surface area contributed by atoms with Gasteiger partial charge >= 0.3 is 5.97 Å². The Balaban J connectivity index is 1.44. The second-order valence-electron chi connectivity index (χ2n) is 9.57. The zero-order chi connectivity index (χ0) is 29.1. The number of benzene rings is 4. The molecular formula is C31H24Cl4N2O3S. The summed E-state index contributed by atoms with van der Waals surface area (Å²) >= 11 is 27.2. The molecule has 210 valence electrons. The Morgan fingerprint density at radius 2 is 1.51 bits per heavy atom. The Morgan fingerprint density at radius 3 is 2.15 bits per heavy atom. The quantitative estimate of drug-likeness (QED) is 0.178. The van der Waals surface area contributed by atoms with Crippen LogP contribution in [0.1, 0.15) is 44.8 Å². The maximum absolute atomic E-state index is 12.9. The lowest BCUT2D eigenvalue weighted by atomic mass is 9.91. The molecule has 3 N–H and O–H groups in total. The van der Waals surface area contributed by atoms with E-state index in [1.165, 1.54) is 12.1 Å². The van der Waals surface area contributed by atoms with Crippen molar-refractivity contribution in [2.75, 3.05) is 5.32 Å². The molecule has 41 heavy (non-hydrogen) atoms. The number of amides is 1. The first-order chi connectivity index (χ1) is 19.7. The molecule has 0 aliphatic carbocycles. The molecule has 0 bridgehead atoms. The summed E-state index contributed by atoms with van der Waals surface area (Å²) in [6, 6.07) is 24.7. The van der Waals surface area contributed by atoms with Gasteiger partial charge in [0.2, 0.25) is 0 Å².